The molecule has 0 saturated carbocycles. The van der Waals surface area contributed by atoms with Crippen LogP contribution in [-0.2, 0) is 10.0 Å². The van der Waals surface area contributed by atoms with Crippen LogP contribution in [0.15, 0.2) is 33.7 Å². The highest BCUT2D eigenvalue weighted by atomic mass is 79.9. The number of likely N-dealkylation sites (N-methyl/N-ethyl adjacent to an activating group) is 1. The zero-order chi connectivity index (χ0) is 14.8. The molecule has 0 amide bonds. The first-order valence-corrected chi connectivity index (χ1v) is 8.48. The Morgan fingerprint density at radius 3 is 2.21 bits per heavy atom. The Labute approximate surface area is 132 Å². The third kappa shape index (κ3) is 3.95. The third-order valence-electron chi connectivity index (χ3n) is 2.36. The molecule has 106 valence electrons. The minimum atomic E-state index is -3.74. The van der Waals surface area contributed by atoms with Crippen molar-refractivity contribution in [3.8, 4) is 0 Å². The molecule has 0 aliphatic heterocycles. The normalized spacial score (nSPS) is 11.9. The smallest absolute Gasteiger partial charge is 0.207 e. The van der Waals surface area contributed by atoms with Gasteiger partial charge in [-0.1, -0.05) is 58.2 Å². The maximum atomic E-state index is 12.6. The summed E-state index contributed by atoms with van der Waals surface area (Å²) in [6, 6.07) is 3.02. The van der Waals surface area contributed by atoms with Gasteiger partial charge in [-0.2, -0.15) is 4.31 Å². The van der Waals surface area contributed by atoms with E-state index in [2.05, 4.69) is 22.5 Å². The van der Waals surface area contributed by atoms with E-state index < -0.39 is 10.0 Å². The van der Waals surface area contributed by atoms with Crippen molar-refractivity contribution in [2.24, 2.45) is 0 Å². The largest absolute Gasteiger partial charge is 0.246 e. The van der Waals surface area contributed by atoms with Gasteiger partial charge in [-0.05, 0) is 19.1 Å². The molecular formula is C12H14BrCl2NO2S. The van der Waals surface area contributed by atoms with Crippen LogP contribution < -0.4 is 0 Å². The number of rotatable bonds is 5. The summed E-state index contributed by atoms with van der Waals surface area (Å²) in [5, 5.41) is 0.194. The molecule has 3 nitrogen and oxygen atoms in total. The molecule has 1 aromatic rings. The number of benzene rings is 1. The highest BCUT2D eigenvalue weighted by Gasteiger charge is 2.28. The molecule has 0 N–H and O–H groups in total. The molecule has 0 bridgehead atoms. The van der Waals surface area contributed by atoms with E-state index in [0.717, 1.165) is 5.57 Å². The molecule has 0 heterocycles. The fraction of sp³-hybridized carbons (Fsp3) is 0.333. The van der Waals surface area contributed by atoms with Gasteiger partial charge in [-0.25, -0.2) is 8.42 Å². The second kappa shape index (κ2) is 6.59. The second-order valence-corrected chi connectivity index (χ2v) is 7.69. The molecule has 0 spiro atoms. The van der Waals surface area contributed by atoms with Crippen LogP contribution in [0.3, 0.4) is 0 Å². The van der Waals surface area contributed by atoms with E-state index in [0.29, 0.717) is 11.0 Å². The molecular weight excluding hydrogens is 373 g/mol. The van der Waals surface area contributed by atoms with Gasteiger partial charge in [0.05, 0.1) is 10.0 Å². The Morgan fingerprint density at radius 1 is 1.37 bits per heavy atom. The summed E-state index contributed by atoms with van der Waals surface area (Å²) in [5.74, 6) is 0. The molecule has 0 aliphatic carbocycles. The van der Waals surface area contributed by atoms with Crippen LogP contribution in [0.4, 0.5) is 0 Å². The summed E-state index contributed by atoms with van der Waals surface area (Å²) in [4.78, 5) is -0.0675. The highest BCUT2D eigenvalue weighted by Crippen LogP contribution is 2.34. The minimum absolute atomic E-state index is 0.0675. The van der Waals surface area contributed by atoms with Crippen LogP contribution in [0.5, 0.6) is 0 Å². The van der Waals surface area contributed by atoms with Crippen LogP contribution in [0.1, 0.15) is 13.8 Å². The highest BCUT2D eigenvalue weighted by molar-refractivity contribution is 9.10. The van der Waals surface area contributed by atoms with Gasteiger partial charge in [-0.3, -0.25) is 0 Å². The average Bonchev–Trinajstić information content (AvgIpc) is 2.23. The Hall–Kier alpha value is -0.0700. The van der Waals surface area contributed by atoms with E-state index in [4.69, 9.17) is 23.2 Å². The lowest BCUT2D eigenvalue weighted by Crippen LogP contribution is -2.32. The van der Waals surface area contributed by atoms with E-state index in [-0.39, 0.29) is 21.5 Å². The molecule has 0 aliphatic rings. The van der Waals surface area contributed by atoms with Crippen molar-refractivity contribution in [2.75, 3.05) is 13.1 Å². The van der Waals surface area contributed by atoms with E-state index >= 15 is 0 Å². The van der Waals surface area contributed by atoms with Crippen molar-refractivity contribution >= 4 is 49.2 Å². The van der Waals surface area contributed by atoms with Crippen molar-refractivity contribution in [3.05, 3.63) is 38.8 Å². The van der Waals surface area contributed by atoms with Gasteiger partial charge >= 0.3 is 0 Å². The Balaban J connectivity index is 3.38. The van der Waals surface area contributed by atoms with Gasteiger partial charge < -0.3 is 0 Å². The standard InChI is InChI=1S/C12H14BrCl2NO2S/c1-4-16(7-8(2)3)19(17,18)12-10(14)5-9(13)6-11(12)15/h5-6H,2,4,7H2,1,3H3. The summed E-state index contributed by atoms with van der Waals surface area (Å²) in [5.41, 5.74) is 0.745. The second-order valence-electron chi connectivity index (χ2n) is 4.09. The summed E-state index contributed by atoms with van der Waals surface area (Å²) in [6.07, 6.45) is 0. The monoisotopic (exact) mass is 385 g/mol. The zero-order valence-electron chi connectivity index (χ0n) is 10.6. The first-order valence-electron chi connectivity index (χ1n) is 5.49. The van der Waals surface area contributed by atoms with Gasteiger partial charge in [0, 0.05) is 17.6 Å². The maximum absolute atomic E-state index is 12.6. The summed E-state index contributed by atoms with van der Waals surface area (Å²) < 4.78 is 27.0. The molecule has 0 atom stereocenters. The SMILES string of the molecule is C=C(C)CN(CC)S(=O)(=O)c1c(Cl)cc(Br)cc1Cl. The van der Waals surface area contributed by atoms with Crippen molar-refractivity contribution in [2.45, 2.75) is 18.7 Å². The molecule has 0 radical (unpaired) electrons. The maximum Gasteiger partial charge on any atom is 0.246 e. The molecule has 7 heteroatoms. The zero-order valence-corrected chi connectivity index (χ0v) is 14.5. The predicted molar refractivity (Wildman–Crippen MR) is 83.4 cm³/mol. The van der Waals surface area contributed by atoms with Crippen molar-refractivity contribution < 1.29 is 8.42 Å². The fourth-order valence-electron chi connectivity index (χ4n) is 1.57. The molecule has 0 fully saturated rings. The Kier molecular flexibility index (Phi) is 5.89. The van der Waals surface area contributed by atoms with E-state index in [1.807, 2.05) is 0 Å². The van der Waals surface area contributed by atoms with E-state index in [1.54, 1.807) is 13.8 Å². The topological polar surface area (TPSA) is 37.4 Å². The number of hydrogen-bond donors (Lipinski definition) is 0. The lowest BCUT2D eigenvalue weighted by molar-refractivity contribution is 0.453. The predicted octanol–water partition coefficient (Wildman–Crippen LogP) is 4.34. The summed E-state index contributed by atoms with van der Waals surface area (Å²) in [6.45, 7) is 7.80. The number of hydrogen-bond acceptors (Lipinski definition) is 2. The van der Waals surface area contributed by atoms with Gasteiger partial charge in [-0.15, -0.1) is 0 Å². The Morgan fingerprint density at radius 2 is 1.84 bits per heavy atom. The molecule has 19 heavy (non-hydrogen) atoms. The molecule has 1 aromatic carbocycles. The van der Waals surface area contributed by atoms with Crippen molar-refractivity contribution in [3.63, 3.8) is 0 Å². The Bertz CT molecular complexity index is 579. The van der Waals surface area contributed by atoms with Crippen LogP contribution in [0.2, 0.25) is 10.0 Å². The summed E-state index contributed by atoms with van der Waals surface area (Å²) >= 11 is 15.2. The molecule has 0 unspecified atom stereocenters. The average molecular weight is 387 g/mol. The van der Waals surface area contributed by atoms with Gasteiger partial charge in [0.1, 0.15) is 4.90 Å². The first kappa shape index (κ1) is 17.0. The van der Waals surface area contributed by atoms with Crippen LogP contribution >= 0.6 is 39.1 Å². The van der Waals surface area contributed by atoms with Gasteiger partial charge in [0.25, 0.3) is 0 Å². The van der Waals surface area contributed by atoms with Gasteiger partial charge in [0.2, 0.25) is 10.0 Å². The quantitative estimate of drug-likeness (QED) is 0.705. The van der Waals surface area contributed by atoms with Crippen LogP contribution in [0, 0.1) is 0 Å². The van der Waals surface area contributed by atoms with E-state index in [9.17, 15) is 8.42 Å². The molecule has 1 rings (SSSR count). The third-order valence-corrected chi connectivity index (χ3v) is 5.66. The van der Waals surface area contributed by atoms with Crippen molar-refractivity contribution in [1.29, 1.82) is 0 Å². The van der Waals surface area contributed by atoms with Crippen LogP contribution in [-0.4, -0.2) is 25.8 Å². The lowest BCUT2D eigenvalue weighted by Gasteiger charge is -2.22. The minimum Gasteiger partial charge on any atom is -0.207 e. The lowest BCUT2D eigenvalue weighted by atomic mass is 10.3. The van der Waals surface area contributed by atoms with E-state index in [1.165, 1.54) is 16.4 Å². The fourth-order valence-corrected chi connectivity index (χ4v) is 4.96. The van der Waals surface area contributed by atoms with Crippen molar-refractivity contribution in [1.82, 2.24) is 4.31 Å². The van der Waals surface area contributed by atoms with Crippen LogP contribution in [0.25, 0.3) is 0 Å². The summed E-state index contributed by atoms with van der Waals surface area (Å²) in [7, 11) is -3.74. The number of halogens is 3. The number of nitrogens with zero attached hydrogens (tertiary/aromatic N) is 1. The number of sulfonamides is 1. The molecule has 0 aromatic heterocycles. The first-order chi connectivity index (χ1) is 8.70. The molecule has 0 saturated heterocycles. The van der Waals surface area contributed by atoms with Gasteiger partial charge in [0.15, 0.2) is 0 Å².